The molecule has 0 aliphatic carbocycles. The Bertz CT molecular complexity index is 1060. The van der Waals surface area contributed by atoms with Gasteiger partial charge in [0.2, 0.25) is 0 Å². The third-order valence-corrected chi connectivity index (χ3v) is 5.15. The number of oxime groups is 1. The lowest BCUT2D eigenvalue weighted by Crippen LogP contribution is -2.12. The third kappa shape index (κ3) is 4.81. The van der Waals surface area contributed by atoms with Crippen LogP contribution in [-0.4, -0.2) is 27.0 Å². The number of pyridine rings is 1. The van der Waals surface area contributed by atoms with Gasteiger partial charge in [0.15, 0.2) is 0 Å². The number of carboxylic acids is 1. The van der Waals surface area contributed by atoms with Crippen LogP contribution in [0.25, 0.3) is 0 Å². The van der Waals surface area contributed by atoms with Crippen LogP contribution < -0.4 is 0 Å². The van der Waals surface area contributed by atoms with E-state index in [0.717, 1.165) is 27.9 Å². The summed E-state index contributed by atoms with van der Waals surface area (Å²) in [5, 5.41) is 23.1. The fourth-order valence-electron chi connectivity index (χ4n) is 3.43. The molecule has 0 radical (unpaired) electrons. The van der Waals surface area contributed by atoms with E-state index in [1.807, 2.05) is 38.1 Å². The highest BCUT2D eigenvalue weighted by Gasteiger charge is 2.21. The number of hydrogen-bond donors (Lipinski definition) is 2. The first kappa shape index (κ1) is 20.6. The molecule has 1 aromatic heterocycles. The number of rotatable bonds is 6. The number of benzene rings is 2. The summed E-state index contributed by atoms with van der Waals surface area (Å²) in [7, 11) is 0. The number of halogens is 1. The Morgan fingerprint density at radius 1 is 1.07 bits per heavy atom. The molecule has 3 aromatic rings. The molecule has 2 aromatic carbocycles. The summed E-state index contributed by atoms with van der Waals surface area (Å²) in [5.41, 5.74) is 5.33. The summed E-state index contributed by atoms with van der Waals surface area (Å²) in [5.74, 6) is -1.12. The number of aryl methyl sites for hydroxylation is 2. The largest absolute Gasteiger partial charge is 0.478 e. The van der Waals surface area contributed by atoms with Crippen molar-refractivity contribution in [3.05, 3.63) is 99.3 Å². The molecule has 5 nitrogen and oxygen atoms in total. The molecule has 2 N–H and O–H groups in total. The van der Waals surface area contributed by atoms with E-state index in [0.29, 0.717) is 17.2 Å². The summed E-state index contributed by atoms with van der Waals surface area (Å²) >= 11 is 6.13. The molecule has 0 aliphatic rings. The van der Waals surface area contributed by atoms with Gasteiger partial charge in [-0.05, 0) is 66.9 Å². The van der Waals surface area contributed by atoms with Crippen LogP contribution in [0.1, 0.15) is 50.6 Å². The quantitative estimate of drug-likeness (QED) is 0.322. The van der Waals surface area contributed by atoms with E-state index in [1.54, 1.807) is 36.5 Å². The van der Waals surface area contributed by atoms with Crippen LogP contribution in [0.2, 0.25) is 5.02 Å². The molecule has 1 heterocycles. The number of hydrogen-bond acceptors (Lipinski definition) is 4. The predicted octanol–water partition coefficient (Wildman–Crippen LogP) is 5.45. The van der Waals surface area contributed by atoms with Gasteiger partial charge in [-0.15, -0.1) is 0 Å². The van der Waals surface area contributed by atoms with E-state index in [1.165, 1.54) is 0 Å². The van der Waals surface area contributed by atoms with Crippen LogP contribution in [0.15, 0.2) is 65.9 Å². The maximum Gasteiger partial charge on any atom is 0.335 e. The Balaban J connectivity index is 2.05. The fraction of sp³-hybridized carbons (Fsp3) is 0.174. The van der Waals surface area contributed by atoms with Crippen LogP contribution in [0.3, 0.4) is 0 Å². The van der Waals surface area contributed by atoms with E-state index < -0.39 is 5.97 Å². The van der Waals surface area contributed by atoms with Gasteiger partial charge in [0.1, 0.15) is 0 Å². The highest BCUT2D eigenvalue weighted by Crippen LogP contribution is 2.33. The minimum absolute atomic E-state index is 0.144. The molecule has 0 spiro atoms. The molecule has 0 saturated heterocycles. The molecule has 148 valence electrons. The normalized spacial score (nSPS) is 12.6. The lowest BCUT2D eigenvalue weighted by molar-refractivity contribution is 0.0697. The number of aromatic carboxylic acids is 1. The van der Waals surface area contributed by atoms with E-state index >= 15 is 0 Å². The zero-order valence-electron chi connectivity index (χ0n) is 16.1. The Hall–Kier alpha value is -3.18. The number of carboxylic acid groups (broad SMARTS) is 1. The van der Waals surface area contributed by atoms with Gasteiger partial charge in [0.25, 0.3) is 0 Å². The topological polar surface area (TPSA) is 82.8 Å². The molecule has 6 heteroatoms. The maximum absolute atomic E-state index is 11.2. The van der Waals surface area contributed by atoms with Crippen LogP contribution >= 0.6 is 11.6 Å². The molecule has 0 bridgehead atoms. The molecular formula is C23H21ClN2O3. The summed E-state index contributed by atoms with van der Waals surface area (Å²) < 4.78 is 0. The van der Waals surface area contributed by atoms with Gasteiger partial charge in [0.05, 0.1) is 11.3 Å². The van der Waals surface area contributed by atoms with Crippen LogP contribution in [0, 0.1) is 13.8 Å². The average molecular weight is 409 g/mol. The first-order valence-electron chi connectivity index (χ1n) is 9.12. The molecule has 0 saturated carbocycles. The second-order valence-corrected chi connectivity index (χ2v) is 7.35. The van der Waals surface area contributed by atoms with Crippen molar-refractivity contribution in [2.75, 3.05) is 0 Å². The summed E-state index contributed by atoms with van der Waals surface area (Å²) in [6.45, 7) is 3.86. The van der Waals surface area contributed by atoms with Crippen molar-refractivity contribution in [1.82, 2.24) is 4.98 Å². The van der Waals surface area contributed by atoms with Gasteiger partial charge in [0, 0.05) is 34.8 Å². The molecule has 0 amide bonds. The lowest BCUT2D eigenvalue weighted by atomic mass is 9.83. The monoisotopic (exact) mass is 408 g/mol. The second kappa shape index (κ2) is 8.88. The molecule has 1 atom stereocenters. The number of aromatic nitrogens is 1. The van der Waals surface area contributed by atoms with Crippen molar-refractivity contribution in [1.29, 1.82) is 0 Å². The van der Waals surface area contributed by atoms with E-state index in [2.05, 4.69) is 10.1 Å². The lowest BCUT2D eigenvalue weighted by Gasteiger charge is -2.21. The molecule has 0 aliphatic heterocycles. The van der Waals surface area contributed by atoms with Crippen LogP contribution in [0.5, 0.6) is 0 Å². The van der Waals surface area contributed by atoms with Crippen molar-refractivity contribution < 1.29 is 15.1 Å². The molecule has 3 rings (SSSR count). The first-order valence-corrected chi connectivity index (χ1v) is 9.50. The van der Waals surface area contributed by atoms with Gasteiger partial charge in [-0.2, -0.15) is 0 Å². The van der Waals surface area contributed by atoms with E-state index in [4.69, 9.17) is 11.6 Å². The van der Waals surface area contributed by atoms with Crippen LogP contribution in [-0.2, 0) is 0 Å². The molecule has 1 unspecified atom stereocenters. The van der Waals surface area contributed by atoms with Gasteiger partial charge in [-0.3, -0.25) is 4.98 Å². The molecular weight excluding hydrogens is 388 g/mol. The van der Waals surface area contributed by atoms with Gasteiger partial charge >= 0.3 is 5.97 Å². The Labute approximate surface area is 174 Å². The summed E-state index contributed by atoms with van der Waals surface area (Å²) in [4.78, 5) is 15.4. The van der Waals surface area contributed by atoms with Crippen LogP contribution in [0.4, 0.5) is 0 Å². The minimum Gasteiger partial charge on any atom is -0.478 e. The van der Waals surface area contributed by atoms with Crippen molar-refractivity contribution in [2.24, 2.45) is 5.16 Å². The Morgan fingerprint density at radius 3 is 2.38 bits per heavy atom. The molecule has 0 fully saturated rings. The van der Waals surface area contributed by atoms with Crippen molar-refractivity contribution in [3.8, 4) is 0 Å². The summed E-state index contributed by atoms with van der Waals surface area (Å²) in [6.07, 6.45) is 2.11. The third-order valence-electron chi connectivity index (χ3n) is 4.92. The fourth-order valence-corrected chi connectivity index (χ4v) is 3.66. The van der Waals surface area contributed by atoms with Crippen molar-refractivity contribution >= 4 is 23.3 Å². The second-order valence-electron chi connectivity index (χ2n) is 6.92. The predicted molar refractivity (Wildman–Crippen MR) is 113 cm³/mol. The van der Waals surface area contributed by atoms with Crippen molar-refractivity contribution in [3.63, 3.8) is 0 Å². The zero-order valence-corrected chi connectivity index (χ0v) is 16.9. The van der Waals surface area contributed by atoms with Gasteiger partial charge in [-0.1, -0.05) is 35.0 Å². The standard InChI is InChI=1S/C23H21ClN2O3/c1-14-11-19(24)7-8-20(14)21(16-3-5-17(6-4-16)23(27)28)13-22(26-29)18-9-10-25-15(2)12-18/h3-12,21,29H,13H2,1-2H3,(H,27,28). The minimum atomic E-state index is -0.972. The maximum atomic E-state index is 11.2. The van der Waals surface area contributed by atoms with Crippen molar-refractivity contribution in [2.45, 2.75) is 26.2 Å². The van der Waals surface area contributed by atoms with E-state index in [-0.39, 0.29) is 11.5 Å². The summed E-state index contributed by atoms with van der Waals surface area (Å²) in [6, 6.07) is 16.1. The number of nitrogens with zero attached hydrogens (tertiary/aromatic N) is 2. The van der Waals surface area contributed by atoms with Gasteiger partial charge < -0.3 is 10.3 Å². The highest BCUT2D eigenvalue weighted by atomic mass is 35.5. The Morgan fingerprint density at radius 2 is 1.79 bits per heavy atom. The first-order chi connectivity index (χ1) is 13.9. The molecule has 29 heavy (non-hydrogen) atoms. The smallest absolute Gasteiger partial charge is 0.335 e. The van der Waals surface area contributed by atoms with E-state index in [9.17, 15) is 15.1 Å². The average Bonchev–Trinajstić information content (AvgIpc) is 2.70. The highest BCUT2D eigenvalue weighted by molar-refractivity contribution is 6.30. The SMILES string of the molecule is Cc1cc(C(CC(c2ccc(C(=O)O)cc2)c2ccc(Cl)cc2C)=NO)ccn1. The number of carbonyl (C=O) groups is 1. The zero-order chi connectivity index (χ0) is 21.0. The Kier molecular flexibility index (Phi) is 6.29. The van der Waals surface area contributed by atoms with Gasteiger partial charge in [-0.25, -0.2) is 4.79 Å².